The lowest BCUT2D eigenvalue weighted by molar-refractivity contribution is 0.0914. The Hall–Kier alpha value is -1.71. The number of hydrogen-bond acceptors (Lipinski definition) is 6. The summed E-state index contributed by atoms with van der Waals surface area (Å²) in [5, 5.41) is 7.86. The largest absolute Gasteiger partial charge is 0.360 e. The Morgan fingerprint density at radius 2 is 2.08 bits per heavy atom. The van der Waals surface area contributed by atoms with Crippen molar-refractivity contribution in [3.8, 4) is 0 Å². The first kappa shape index (κ1) is 17.1. The van der Waals surface area contributed by atoms with E-state index in [1.165, 1.54) is 10.4 Å². The van der Waals surface area contributed by atoms with Crippen molar-refractivity contribution in [2.45, 2.75) is 37.6 Å². The molecule has 132 valence electrons. The van der Waals surface area contributed by atoms with E-state index in [0.29, 0.717) is 31.8 Å². The van der Waals surface area contributed by atoms with E-state index in [4.69, 9.17) is 10.3 Å². The molecule has 1 saturated heterocycles. The molecule has 2 fully saturated rings. The number of aromatic nitrogens is 1. The third-order valence-corrected chi connectivity index (χ3v) is 5.92. The fourth-order valence-corrected chi connectivity index (χ4v) is 3.98. The summed E-state index contributed by atoms with van der Waals surface area (Å²) in [6, 6.07) is 1.63. The molecule has 0 unspecified atom stereocenters. The molecule has 0 bridgehead atoms. The topological polar surface area (TPSA) is 119 Å². The van der Waals surface area contributed by atoms with Crippen molar-refractivity contribution in [2.24, 2.45) is 5.73 Å². The van der Waals surface area contributed by atoms with E-state index in [2.05, 4.69) is 10.5 Å². The quantitative estimate of drug-likeness (QED) is 0.770. The van der Waals surface area contributed by atoms with E-state index in [9.17, 15) is 13.2 Å². The normalized spacial score (nSPS) is 20.5. The van der Waals surface area contributed by atoms with Crippen LogP contribution in [0.25, 0.3) is 0 Å². The molecule has 1 aromatic rings. The van der Waals surface area contributed by atoms with Crippen LogP contribution >= 0.6 is 0 Å². The number of piperidine rings is 1. The van der Waals surface area contributed by atoms with Crippen molar-refractivity contribution in [1.29, 1.82) is 0 Å². The van der Waals surface area contributed by atoms with E-state index < -0.39 is 10.0 Å². The first-order valence-electron chi connectivity index (χ1n) is 8.14. The van der Waals surface area contributed by atoms with Gasteiger partial charge in [-0.05, 0) is 25.7 Å². The van der Waals surface area contributed by atoms with Crippen LogP contribution in [0.4, 0.5) is 0 Å². The average Bonchev–Trinajstić information content (AvgIpc) is 3.30. The van der Waals surface area contributed by atoms with Crippen LogP contribution in [-0.2, 0) is 10.0 Å². The highest BCUT2D eigenvalue weighted by Crippen LogP contribution is 2.40. The number of hydrogen-bond donors (Lipinski definition) is 2. The van der Waals surface area contributed by atoms with Crippen molar-refractivity contribution >= 4 is 15.9 Å². The summed E-state index contributed by atoms with van der Waals surface area (Å²) in [6.45, 7) is 0.926. The van der Waals surface area contributed by atoms with Gasteiger partial charge in [-0.2, -0.15) is 4.31 Å². The van der Waals surface area contributed by atoms with Gasteiger partial charge in [-0.15, -0.1) is 0 Å². The first-order chi connectivity index (χ1) is 11.5. The van der Waals surface area contributed by atoms with Crippen LogP contribution in [0.5, 0.6) is 0 Å². The van der Waals surface area contributed by atoms with Crippen molar-refractivity contribution in [1.82, 2.24) is 14.8 Å². The predicted octanol–water partition coefficient (Wildman–Crippen LogP) is 0.548. The van der Waals surface area contributed by atoms with Crippen LogP contribution < -0.4 is 11.1 Å². The smallest absolute Gasteiger partial charge is 0.273 e. The van der Waals surface area contributed by atoms with Crippen molar-refractivity contribution in [3.63, 3.8) is 0 Å². The van der Waals surface area contributed by atoms with Crippen LogP contribution in [0.15, 0.2) is 22.1 Å². The second-order valence-electron chi connectivity index (χ2n) is 6.19. The molecule has 0 atom stereocenters. The van der Waals surface area contributed by atoms with Gasteiger partial charge < -0.3 is 15.6 Å². The molecule has 8 nitrogen and oxygen atoms in total. The minimum atomic E-state index is -3.42. The number of carbonyl (C=O) groups is 1. The van der Waals surface area contributed by atoms with Gasteiger partial charge >= 0.3 is 0 Å². The maximum absolute atomic E-state index is 12.2. The highest BCUT2D eigenvalue weighted by molar-refractivity contribution is 7.92. The fraction of sp³-hybridized carbons (Fsp3) is 0.600. The lowest BCUT2D eigenvalue weighted by Gasteiger charge is -2.30. The standard InChI is InChI=1S/C15H22N4O4S/c16-6-1-9-24(21,22)19-7-4-12(5-8-19)17-15(20)13-10-14(23-18-13)11-2-3-11/h1,9-12H,2-8,16H2,(H,17,20)/b9-1+. The Morgan fingerprint density at radius 1 is 1.38 bits per heavy atom. The molecular weight excluding hydrogens is 332 g/mol. The molecule has 1 saturated carbocycles. The molecule has 9 heteroatoms. The summed E-state index contributed by atoms with van der Waals surface area (Å²) in [6.07, 6.45) is 4.72. The van der Waals surface area contributed by atoms with Gasteiger partial charge in [0.1, 0.15) is 5.76 Å². The summed E-state index contributed by atoms with van der Waals surface area (Å²) in [5.41, 5.74) is 5.58. The monoisotopic (exact) mass is 354 g/mol. The number of carbonyl (C=O) groups excluding carboxylic acids is 1. The number of nitrogens with one attached hydrogen (secondary N) is 1. The van der Waals surface area contributed by atoms with E-state index in [1.807, 2.05) is 0 Å². The lowest BCUT2D eigenvalue weighted by atomic mass is 10.1. The van der Waals surface area contributed by atoms with E-state index in [0.717, 1.165) is 24.0 Å². The van der Waals surface area contributed by atoms with Gasteiger partial charge in [-0.1, -0.05) is 11.2 Å². The number of amides is 1. The van der Waals surface area contributed by atoms with Crippen molar-refractivity contribution < 1.29 is 17.7 Å². The maximum atomic E-state index is 12.2. The maximum Gasteiger partial charge on any atom is 0.273 e. The van der Waals surface area contributed by atoms with Gasteiger partial charge in [0.15, 0.2) is 5.69 Å². The molecule has 3 N–H and O–H groups in total. The summed E-state index contributed by atoms with van der Waals surface area (Å²) < 4.78 is 30.7. The second kappa shape index (κ2) is 7.04. The van der Waals surface area contributed by atoms with Gasteiger partial charge in [-0.25, -0.2) is 8.42 Å². The minimum absolute atomic E-state index is 0.0662. The zero-order chi connectivity index (χ0) is 17.2. The Bertz CT molecular complexity index is 716. The average molecular weight is 354 g/mol. The molecule has 3 rings (SSSR count). The van der Waals surface area contributed by atoms with Gasteiger partial charge in [-0.3, -0.25) is 4.79 Å². The first-order valence-corrected chi connectivity index (χ1v) is 9.64. The van der Waals surface area contributed by atoms with Crippen molar-refractivity contribution in [2.75, 3.05) is 19.6 Å². The third kappa shape index (κ3) is 4.03. The SMILES string of the molecule is NC/C=C/S(=O)(=O)N1CCC(NC(=O)c2cc(C3CC3)on2)CC1. The van der Waals surface area contributed by atoms with Gasteiger partial charge in [0.2, 0.25) is 10.0 Å². The Kier molecular flexibility index (Phi) is 5.02. The van der Waals surface area contributed by atoms with Crippen LogP contribution in [0.3, 0.4) is 0 Å². The summed E-state index contributed by atoms with van der Waals surface area (Å²) in [7, 11) is -3.42. The van der Waals surface area contributed by atoms with Crippen LogP contribution in [-0.4, -0.2) is 49.5 Å². The predicted molar refractivity (Wildman–Crippen MR) is 87.7 cm³/mol. The molecule has 1 amide bonds. The molecule has 24 heavy (non-hydrogen) atoms. The minimum Gasteiger partial charge on any atom is -0.360 e. The summed E-state index contributed by atoms with van der Waals surface area (Å²) in [5.74, 6) is 0.914. The van der Waals surface area contributed by atoms with Gasteiger partial charge in [0.25, 0.3) is 5.91 Å². The number of sulfonamides is 1. The second-order valence-corrected chi connectivity index (χ2v) is 8.01. The van der Waals surface area contributed by atoms with E-state index in [-0.39, 0.29) is 24.2 Å². The molecule has 0 aromatic carbocycles. The molecule has 1 aliphatic carbocycles. The van der Waals surface area contributed by atoms with Crippen LogP contribution in [0.1, 0.15) is 47.8 Å². The summed E-state index contributed by atoms with van der Waals surface area (Å²) in [4.78, 5) is 12.2. The Balaban J connectivity index is 1.51. The number of nitrogens with zero attached hydrogens (tertiary/aromatic N) is 2. The fourth-order valence-electron chi connectivity index (χ4n) is 2.73. The zero-order valence-corrected chi connectivity index (χ0v) is 14.2. The van der Waals surface area contributed by atoms with Gasteiger partial charge in [0.05, 0.1) is 0 Å². The molecule has 2 aliphatic rings. The lowest BCUT2D eigenvalue weighted by Crippen LogP contribution is -2.46. The van der Waals surface area contributed by atoms with Crippen LogP contribution in [0, 0.1) is 0 Å². The number of nitrogens with two attached hydrogens (primary N) is 1. The molecule has 1 aromatic heterocycles. The third-order valence-electron chi connectivity index (χ3n) is 4.29. The molecular formula is C15H22N4O4S. The van der Waals surface area contributed by atoms with E-state index in [1.54, 1.807) is 6.07 Å². The number of rotatable bonds is 6. The molecule has 0 spiro atoms. The summed E-state index contributed by atoms with van der Waals surface area (Å²) >= 11 is 0. The highest BCUT2D eigenvalue weighted by Gasteiger charge is 2.30. The zero-order valence-electron chi connectivity index (χ0n) is 13.3. The molecule has 0 radical (unpaired) electrons. The van der Waals surface area contributed by atoms with Crippen LogP contribution in [0.2, 0.25) is 0 Å². The molecule has 2 heterocycles. The molecule has 1 aliphatic heterocycles. The highest BCUT2D eigenvalue weighted by atomic mass is 32.2. The van der Waals surface area contributed by atoms with E-state index >= 15 is 0 Å². The van der Waals surface area contributed by atoms with Crippen molar-refractivity contribution in [3.05, 3.63) is 29.0 Å². The Morgan fingerprint density at radius 3 is 2.71 bits per heavy atom. The van der Waals surface area contributed by atoms with Gasteiger partial charge in [0, 0.05) is 43.1 Å². The Labute approximate surface area is 141 Å².